The molecule has 1 atom stereocenters. The molecule has 0 spiro atoms. The summed E-state index contributed by atoms with van der Waals surface area (Å²) in [6, 6.07) is 0. The van der Waals surface area contributed by atoms with E-state index in [0.717, 1.165) is 7.11 Å². The van der Waals surface area contributed by atoms with Crippen LogP contribution >= 0.6 is 15.9 Å². The number of methoxy groups -OCH3 is 1. The lowest BCUT2D eigenvalue weighted by atomic mass is 10.2. The fourth-order valence-corrected chi connectivity index (χ4v) is 0.464. The van der Waals surface area contributed by atoms with Crippen molar-refractivity contribution in [1.82, 2.24) is 0 Å². The summed E-state index contributed by atoms with van der Waals surface area (Å²) in [4.78, 5) is 10.6. The molecule has 1 unspecified atom stereocenters. The van der Waals surface area contributed by atoms with Crippen LogP contribution in [0.4, 0.5) is 4.39 Å². The number of rotatable bonds is 2. The highest BCUT2D eigenvalue weighted by Gasteiger charge is 2.37. The fourth-order valence-electron chi connectivity index (χ4n) is 0.302. The Kier molecular flexibility index (Phi) is 3.02. The van der Waals surface area contributed by atoms with Crippen LogP contribution in [0.3, 0.4) is 0 Å². The van der Waals surface area contributed by atoms with Crippen LogP contribution < -0.4 is 0 Å². The van der Waals surface area contributed by atoms with E-state index in [1.54, 1.807) is 0 Å². The first-order valence-corrected chi connectivity index (χ1v) is 3.34. The van der Waals surface area contributed by atoms with Crippen molar-refractivity contribution < 1.29 is 13.9 Å². The van der Waals surface area contributed by atoms with Crippen LogP contribution in [-0.4, -0.2) is 17.7 Å². The Morgan fingerprint density at radius 1 is 1.80 bits per heavy atom. The van der Waals surface area contributed by atoms with Gasteiger partial charge in [0.2, 0.25) is 0 Å². The van der Waals surface area contributed by atoms with Crippen LogP contribution in [-0.2, 0) is 9.53 Å². The van der Waals surface area contributed by atoms with E-state index in [-0.39, 0.29) is 5.57 Å². The standard InChI is InChI=1S/C6H8BrFO2/c1-4(2)6(7,8)5(9)10-3/h1H2,2-3H3. The molecule has 0 fully saturated rings. The summed E-state index contributed by atoms with van der Waals surface area (Å²) in [5.41, 5.74) is 0.0688. The quantitative estimate of drug-likeness (QED) is 0.395. The zero-order valence-corrected chi connectivity index (χ0v) is 7.37. The van der Waals surface area contributed by atoms with Gasteiger partial charge in [0.05, 0.1) is 7.11 Å². The van der Waals surface area contributed by atoms with Gasteiger partial charge in [0.1, 0.15) is 0 Å². The van der Waals surface area contributed by atoms with Crippen molar-refractivity contribution in [2.75, 3.05) is 7.11 Å². The van der Waals surface area contributed by atoms with Gasteiger partial charge in [0.15, 0.2) is 0 Å². The molecule has 0 radical (unpaired) electrons. The van der Waals surface area contributed by atoms with Gasteiger partial charge >= 0.3 is 5.97 Å². The number of ether oxygens (including phenoxy) is 1. The predicted octanol–water partition coefficient (Wildman–Crippen LogP) is 1.80. The highest BCUT2D eigenvalue weighted by molar-refractivity contribution is 9.10. The number of esters is 1. The summed E-state index contributed by atoms with van der Waals surface area (Å²) in [6.07, 6.45) is 0. The van der Waals surface area contributed by atoms with Gasteiger partial charge in [0.25, 0.3) is 4.58 Å². The molecule has 0 N–H and O–H groups in total. The van der Waals surface area contributed by atoms with Gasteiger partial charge in [-0.3, -0.25) is 0 Å². The number of hydrogen-bond acceptors (Lipinski definition) is 2. The summed E-state index contributed by atoms with van der Waals surface area (Å²) >= 11 is 2.53. The van der Waals surface area contributed by atoms with Crippen molar-refractivity contribution in [1.29, 1.82) is 0 Å². The van der Waals surface area contributed by atoms with E-state index < -0.39 is 10.5 Å². The molecule has 2 nitrogen and oxygen atoms in total. The van der Waals surface area contributed by atoms with Gasteiger partial charge in [-0.2, -0.15) is 0 Å². The third-order valence-corrected chi connectivity index (χ3v) is 1.98. The Balaban J connectivity index is 4.40. The minimum absolute atomic E-state index is 0.0688. The van der Waals surface area contributed by atoms with E-state index in [4.69, 9.17) is 0 Å². The van der Waals surface area contributed by atoms with Gasteiger partial charge in [-0.05, 0) is 28.4 Å². The number of carbonyl (C=O) groups excluding carboxylic acids is 1. The fraction of sp³-hybridized carbons (Fsp3) is 0.500. The van der Waals surface area contributed by atoms with E-state index in [1.807, 2.05) is 0 Å². The minimum Gasteiger partial charge on any atom is -0.466 e. The van der Waals surface area contributed by atoms with Crippen molar-refractivity contribution in [2.24, 2.45) is 0 Å². The van der Waals surface area contributed by atoms with Gasteiger partial charge < -0.3 is 4.74 Å². The Hall–Kier alpha value is -0.380. The maximum absolute atomic E-state index is 12.9. The second-order valence-electron chi connectivity index (χ2n) is 1.85. The zero-order valence-electron chi connectivity index (χ0n) is 5.78. The van der Waals surface area contributed by atoms with E-state index in [1.165, 1.54) is 6.92 Å². The number of alkyl halides is 2. The second kappa shape index (κ2) is 3.14. The van der Waals surface area contributed by atoms with Crippen LogP contribution in [0.2, 0.25) is 0 Å². The molecular formula is C6H8BrFO2. The molecule has 0 saturated heterocycles. The minimum atomic E-state index is -2.23. The Labute approximate surface area is 67.2 Å². The first kappa shape index (κ1) is 9.62. The molecule has 0 heterocycles. The third-order valence-electron chi connectivity index (χ3n) is 0.978. The summed E-state index contributed by atoms with van der Waals surface area (Å²) in [6.45, 7) is 4.67. The molecule has 0 aliphatic carbocycles. The van der Waals surface area contributed by atoms with Crippen LogP contribution in [0.25, 0.3) is 0 Å². The maximum atomic E-state index is 12.9. The van der Waals surface area contributed by atoms with Gasteiger partial charge in [-0.1, -0.05) is 6.58 Å². The first-order valence-electron chi connectivity index (χ1n) is 2.55. The van der Waals surface area contributed by atoms with E-state index in [2.05, 4.69) is 27.2 Å². The Bertz CT molecular complexity index is 165. The molecule has 0 rings (SSSR count). The van der Waals surface area contributed by atoms with Crippen LogP contribution in [0.5, 0.6) is 0 Å². The van der Waals surface area contributed by atoms with Crippen molar-refractivity contribution in [3.8, 4) is 0 Å². The largest absolute Gasteiger partial charge is 0.466 e. The van der Waals surface area contributed by atoms with Crippen LogP contribution in [0.1, 0.15) is 6.92 Å². The van der Waals surface area contributed by atoms with Crippen molar-refractivity contribution >= 4 is 21.9 Å². The number of carbonyl (C=O) groups is 1. The number of hydrogen-bond donors (Lipinski definition) is 0. The van der Waals surface area contributed by atoms with Gasteiger partial charge in [0, 0.05) is 0 Å². The third kappa shape index (κ3) is 1.80. The van der Waals surface area contributed by atoms with Crippen molar-refractivity contribution in [3.63, 3.8) is 0 Å². The van der Waals surface area contributed by atoms with Gasteiger partial charge in [-0.25, -0.2) is 9.18 Å². The Morgan fingerprint density at radius 3 is 2.30 bits per heavy atom. The highest BCUT2D eigenvalue weighted by Crippen LogP contribution is 2.28. The van der Waals surface area contributed by atoms with Gasteiger partial charge in [-0.15, -0.1) is 0 Å². The van der Waals surface area contributed by atoms with E-state index >= 15 is 0 Å². The molecule has 0 saturated carbocycles. The molecule has 58 valence electrons. The molecule has 0 bridgehead atoms. The Morgan fingerprint density at radius 2 is 2.20 bits per heavy atom. The molecule has 0 amide bonds. The summed E-state index contributed by atoms with van der Waals surface area (Å²) in [5.74, 6) is -0.986. The normalized spacial score (nSPS) is 15.6. The topological polar surface area (TPSA) is 26.3 Å². The summed E-state index contributed by atoms with van der Waals surface area (Å²) in [7, 11) is 1.11. The highest BCUT2D eigenvalue weighted by atomic mass is 79.9. The van der Waals surface area contributed by atoms with Crippen LogP contribution in [0.15, 0.2) is 12.2 Å². The average Bonchev–Trinajstić information content (AvgIpc) is 1.86. The molecule has 4 heteroatoms. The lowest BCUT2D eigenvalue weighted by Gasteiger charge is -2.14. The smallest absolute Gasteiger partial charge is 0.359 e. The lowest BCUT2D eigenvalue weighted by molar-refractivity contribution is -0.146. The molecule has 0 aromatic carbocycles. The molecular weight excluding hydrogens is 203 g/mol. The number of halogens is 2. The predicted molar refractivity (Wildman–Crippen MR) is 39.6 cm³/mol. The molecule has 0 aromatic rings. The second-order valence-corrected chi connectivity index (χ2v) is 2.94. The maximum Gasteiger partial charge on any atom is 0.359 e. The molecule has 0 aliphatic heterocycles. The summed E-state index contributed by atoms with van der Waals surface area (Å²) in [5, 5.41) is 0. The van der Waals surface area contributed by atoms with E-state index in [0.29, 0.717) is 0 Å². The molecule has 0 aliphatic rings. The van der Waals surface area contributed by atoms with Crippen LogP contribution in [0, 0.1) is 0 Å². The SMILES string of the molecule is C=C(C)C(F)(Br)C(=O)OC. The molecule has 10 heavy (non-hydrogen) atoms. The lowest BCUT2D eigenvalue weighted by Crippen LogP contribution is -2.28. The zero-order chi connectivity index (χ0) is 8.36. The first-order chi connectivity index (χ1) is 4.42. The molecule has 0 aromatic heterocycles. The monoisotopic (exact) mass is 210 g/mol. The average molecular weight is 211 g/mol. The van der Waals surface area contributed by atoms with Crippen molar-refractivity contribution in [3.05, 3.63) is 12.2 Å². The van der Waals surface area contributed by atoms with E-state index in [9.17, 15) is 9.18 Å². The van der Waals surface area contributed by atoms with Crippen molar-refractivity contribution in [2.45, 2.75) is 11.5 Å². The summed E-state index contributed by atoms with van der Waals surface area (Å²) < 4.78 is 14.9.